The van der Waals surface area contributed by atoms with Crippen LogP contribution in [0.2, 0.25) is 5.02 Å². The van der Waals surface area contributed by atoms with Gasteiger partial charge in [0.25, 0.3) is 5.91 Å². The average molecular weight is 247 g/mol. The van der Waals surface area contributed by atoms with E-state index >= 15 is 0 Å². The molecule has 17 heavy (non-hydrogen) atoms. The van der Waals surface area contributed by atoms with Crippen LogP contribution >= 0.6 is 11.6 Å². The zero-order chi connectivity index (χ0) is 12.3. The van der Waals surface area contributed by atoms with Crippen molar-refractivity contribution in [1.82, 2.24) is 10.2 Å². The highest BCUT2D eigenvalue weighted by atomic mass is 35.5. The van der Waals surface area contributed by atoms with Crippen LogP contribution in [0.4, 0.5) is 5.69 Å². The van der Waals surface area contributed by atoms with Gasteiger partial charge in [0.2, 0.25) is 0 Å². The highest BCUT2D eigenvalue weighted by Gasteiger charge is 2.09. The Hall–Kier alpha value is -2.32. The molecule has 0 aliphatic heterocycles. The fourth-order valence-corrected chi connectivity index (χ4v) is 1.42. The SMILES string of the molecule is N#Cc1ccc(Cl)c(NC(=O)c2cn[nH]c2)c1. The average Bonchev–Trinajstić information content (AvgIpc) is 2.85. The molecule has 1 aromatic heterocycles. The van der Waals surface area contributed by atoms with Crippen molar-refractivity contribution >= 4 is 23.2 Å². The summed E-state index contributed by atoms with van der Waals surface area (Å²) < 4.78 is 0. The Morgan fingerprint density at radius 3 is 3.00 bits per heavy atom. The van der Waals surface area contributed by atoms with Crippen LogP contribution in [-0.4, -0.2) is 16.1 Å². The lowest BCUT2D eigenvalue weighted by molar-refractivity contribution is 0.102. The summed E-state index contributed by atoms with van der Waals surface area (Å²) in [4.78, 5) is 11.7. The second-order valence-electron chi connectivity index (χ2n) is 3.25. The first-order valence-corrected chi connectivity index (χ1v) is 5.08. The van der Waals surface area contributed by atoms with E-state index in [1.165, 1.54) is 18.5 Å². The van der Waals surface area contributed by atoms with Gasteiger partial charge in [-0.2, -0.15) is 10.4 Å². The lowest BCUT2D eigenvalue weighted by atomic mass is 10.2. The van der Waals surface area contributed by atoms with E-state index in [1.807, 2.05) is 6.07 Å². The van der Waals surface area contributed by atoms with Crippen molar-refractivity contribution in [1.29, 1.82) is 5.26 Å². The Kier molecular flexibility index (Phi) is 3.08. The number of amides is 1. The minimum absolute atomic E-state index is 0.337. The van der Waals surface area contributed by atoms with Gasteiger partial charge in [0.1, 0.15) is 0 Å². The molecule has 0 spiro atoms. The second kappa shape index (κ2) is 4.68. The van der Waals surface area contributed by atoms with Gasteiger partial charge in [-0.1, -0.05) is 11.6 Å². The minimum Gasteiger partial charge on any atom is -0.320 e. The topological polar surface area (TPSA) is 81.6 Å². The number of carbonyl (C=O) groups excluding carboxylic acids is 1. The summed E-state index contributed by atoms with van der Waals surface area (Å²) in [5.41, 5.74) is 1.22. The first-order chi connectivity index (χ1) is 8.20. The lowest BCUT2D eigenvalue weighted by Gasteiger charge is -2.05. The molecule has 2 N–H and O–H groups in total. The smallest absolute Gasteiger partial charge is 0.258 e. The number of benzene rings is 1. The Morgan fingerprint density at radius 1 is 1.53 bits per heavy atom. The predicted molar refractivity (Wildman–Crippen MR) is 62.7 cm³/mol. The fraction of sp³-hybridized carbons (Fsp3) is 0. The molecule has 0 aliphatic carbocycles. The summed E-state index contributed by atoms with van der Waals surface area (Å²) in [5, 5.41) is 17.9. The van der Waals surface area contributed by atoms with Gasteiger partial charge in [-0.05, 0) is 18.2 Å². The molecule has 2 rings (SSSR count). The molecule has 1 aromatic carbocycles. The number of hydrogen-bond acceptors (Lipinski definition) is 3. The summed E-state index contributed by atoms with van der Waals surface area (Å²) in [7, 11) is 0. The molecule has 0 atom stereocenters. The van der Waals surface area contributed by atoms with Gasteiger partial charge in [-0.3, -0.25) is 9.89 Å². The molecular weight excluding hydrogens is 240 g/mol. The predicted octanol–water partition coefficient (Wildman–Crippen LogP) is 2.19. The third-order valence-corrected chi connectivity index (χ3v) is 2.43. The van der Waals surface area contributed by atoms with E-state index < -0.39 is 0 Å². The monoisotopic (exact) mass is 246 g/mol. The van der Waals surface area contributed by atoms with E-state index in [4.69, 9.17) is 16.9 Å². The van der Waals surface area contributed by atoms with Crippen LogP contribution in [0.3, 0.4) is 0 Å². The highest BCUT2D eigenvalue weighted by Crippen LogP contribution is 2.23. The summed E-state index contributed by atoms with van der Waals surface area (Å²) in [6.45, 7) is 0. The Labute approximate surface area is 102 Å². The molecule has 84 valence electrons. The molecule has 0 saturated carbocycles. The molecule has 1 amide bonds. The summed E-state index contributed by atoms with van der Waals surface area (Å²) in [6.07, 6.45) is 2.87. The van der Waals surface area contributed by atoms with Crippen molar-refractivity contribution in [3.8, 4) is 6.07 Å². The number of H-pyrrole nitrogens is 1. The number of nitrogens with zero attached hydrogens (tertiary/aromatic N) is 2. The van der Waals surface area contributed by atoms with Crippen molar-refractivity contribution in [3.05, 3.63) is 46.7 Å². The third-order valence-electron chi connectivity index (χ3n) is 2.10. The maximum Gasteiger partial charge on any atom is 0.258 e. The molecule has 0 saturated heterocycles. The van der Waals surface area contributed by atoms with Crippen LogP contribution < -0.4 is 5.32 Å². The van der Waals surface area contributed by atoms with Crippen LogP contribution in [0, 0.1) is 11.3 Å². The maximum atomic E-state index is 11.7. The number of aromatic nitrogens is 2. The van der Waals surface area contributed by atoms with Crippen LogP contribution in [0.25, 0.3) is 0 Å². The first-order valence-electron chi connectivity index (χ1n) is 4.70. The fourth-order valence-electron chi connectivity index (χ4n) is 1.26. The van der Waals surface area contributed by atoms with Crippen molar-refractivity contribution in [2.75, 3.05) is 5.32 Å². The van der Waals surface area contributed by atoms with Crippen molar-refractivity contribution in [2.45, 2.75) is 0 Å². The van der Waals surface area contributed by atoms with Gasteiger partial charge in [-0.15, -0.1) is 0 Å². The summed E-state index contributed by atoms with van der Waals surface area (Å²) >= 11 is 5.91. The van der Waals surface area contributed by atoms with Gasteiger partial charge < -0.3 is 5.32 Å². The van der Waals surface area contributed by atoms with E-state index in [-0.39, 0.29) is 5.91 Å². The molecule has 0 fully saturated rings. The molecule has 0 aliphatic rings. The number of nitrogens with one attached hydrogen (secondary N) is 2. The van der Waals surface area contributed by atoms with Crippen LogP contribution in [-0.2, 0) is 0 Å². The zero-order valence-electron chi connectivity index (χ0n) is 8.57. The van der Waals surface area contributed by atoms with Gasteiger partial charge in [0, 0.05) is 6.20 Å². The zero-order valence-corrected chi connectivity index (χ0v) is 9.32. The Balaban J connectivity index is 2.25. The van der Waals surface area contributed by atoms with E-state index in [0.717, 1.165) is 0 Å². The van der Waals surface area contributed by atoms with E-state index in [9.17, 15) is 4.79 Å². The molecule has 5 nitrogen and oxygen atoms in total. The lowest BCUT2D eigenvalue weighted by Crippen LogP contribution is -2.11. The van der Waals surface area contributed by atoms with Gasteiger partial charge in [-0.25, -0.2) is 0 Å². The van der Waals surface area contributed by atoms with E-state index in [1.54, 1.807) is 12.1 Å². The highest BCUT2D eigenvalue weighted by molar-refractivity contribution is 6.34. The molecule has 6 heteroatoms. The van der Waals surface area contributed by atoms with Gasteiger partial charge in [0.05, 0.1) is 34.1 Å². The van der Waals surface area contributed by atoms with Crippen molar-refractivity contribution in [2.24, 2.45) is 0 Å². The standard InChI is InChI=1S/C11H7ClN4O/c12-9-2-1-7(4-13)3-10(9)16-11(17)8-5-14-15-6-8/h1-3,5-6H,(H,14,15)(H,16,17). The number of anilines is 1. The number of halogens is 1. The molecule has 2 aromatic rings. The van der Waals surface area contributed by atoms with Crippen LogP contribution in [0.15, 0.2) is 30.6 Å². The summed E-state index contributed by atoms with van der Waals surface area (Å²) in [5.74, 6) is -0.337. The number of nitriles is 1. The molecule has 0 bridgehead atoms. The maximum absolute atomic E-state index is 11.7. The molecule has 1 heterocycles. The number of rotatable bonds is 2. The number of aromatic amines is 1. The van der Waals surface area contributed by atoms with E-state index in [2.05, 4.69) is 15.5 Å². The minimum atomic E-state index is -0.337. The Morgan fingerprint density at radius 2 is 2.35 bits per heavy atom. The first kappa shape index (κ1) is 11.2. The quantitative estimate of drug-likeness (QED) is 0.852. The van der Waals surface area contributed by atoms with Crippen LogP contribution in [0.5, 0.6) is 0 Å². The van der Waals surface area contributed by atoms with Crippen molar-refractivity contribution in [3.63, 3.8) is 0 Å². The van der Waals surface area contributed by atoms with Gasteiger partial charge >= 0.3 is 0 Å². The normalized spacial score (nSPS) is 9.65. The molecule has 0 unspecified atom stereocenters. The van der Waals surface area contributed by atoms with E-state index in [0.29, 0.717) is 21.8 Å². The largest absolute Gasteiger partial charge is 0.320 e. The van der Waals surface area contributed by atoms with Crippen molar-refractivity contribution < 1.29 is 4.79 Å². The Bertz CT molecular complexity index is 586. The summed E-state index contributed by atoms with van der Waals surface area (Å²) in [6, 6.07) is 6.63. The molecular formula is C11H7ClN4O. The molecule has 0 radical (unpaired) electrons. The van der Waals surface area contributed by atoms with Gasteiger partial charge in [0.15, 0.2) is 0 Å². The third kappa shape index (κ3) is 2.44. The second-order valence-corrected chi connectivity index (χ2v) is 3.65. The number of carbonyl (C=O) groups is 1. The van der Waals surface area contributed by atoms with Crippen LogP contribution in [0.1, 0.15) is 15.9 Å². The number of hydrogen-bond donors (Lipinski definition) is 2.